The lowest BCUT2D eigenvalue weighted by molar-refractivity contribution is -0.144. The van der Waals surface area contributed by atoms with E-state index in [0.29, 0.717) is 6.42 Å². The van der Waals surface area contributed by atoms with Crippen LogP contribution in [0.5, 0.6) is 0 Å². The maximum absolute atomic E-state index is 11.1. The molecule has 0 saturated carbocycles. The topological polar surface area (TPSA) is 64.6 Å². The van der Waals surface area contributed by atoms with Crippen LogP contribution in [0, 0.1) is 0 Å². The minimum Gasteiger partial charge on any atom is -0.444 e. The molecule has 0 spiro atoms. The number of nitrogens with one attached hydrogen (secondary N) is 1. The van der Waals surface area contributed by atoms with Crippen LogP contribution in [0.25, 0.3) is 0 Å². The van der Waals surface area contributed by atoms with Crippen LogP contribution in [-0.2, 0) is 14.3 Å². The van der Waals surface area contributed by atoms with Gasteiger partial charge in [-0.05, 0) is 27.2 Å². The molecule has 0 saturated heterocycles. The van der Waals surface area contributed by atoms with E-state index in [1.54, 1.807) is 20.8 Å². The van der Waals surface area contributed by atoms with Crippen molar-refractivity contribution in [3.8, 4) is 0 Å². The van der Waals surface area contributed by atoms with E-state index < -0.39 is 11.7 Å². The second-order valence-electron chi connectivity index (χ2n) is 4.09. The summed E-state index contributed by atoms with van der Waals surface area (Å²) in [5.41, 5.74) is -0.544. The van der Waals surface area contributed by atoms with Crippen molar-refractivity contribution in [1.29, 1.82) is 0 Å². The number of amides is 1. The molecule has 0 aromatic heterocycles. The van der Waals surface area contributed by atoms with E-state index in [2.05, 4.69) is 5.32 Å². The summed E-state index contributed by atoms with van der Waals surface area (Å²) in [6.07, 6.45) is 0.494. The second kappa shape index (κ2) is 6.27. The van der Waals surface area contributed by atoms with Gasteiger partial charge in [0.15, 0.2) is 6.73 Å². The first-order valence-electron chi connectivity index (χ1n) is 4.97. The van der Waals surface area contributed by atoms with E-state index in [1.807, 2.05) is 6.92 Å². The number of hydrogen-bond donors (Lipinski definition) is 1. The SMILES string of the molecule is CCCC(=O)OCNC(=O)OC(C)(C)C. The number of hydrogen-bond acceptors (Lipinski definition) is 4. The Balaban J connectivity index is 3.60. The molecule has 1 amide bonds. The van der Waals surface area contributed by atoms with Gasteiger partial charge >= 0.3 is 12.1 Å². The standard InChI is InChI=1S/C10H19NO4/c1-5-6-8(12)14-7-11-9(13)15-10(2,3)4/h5-7H2,1-4H3,(H,11,13). The van der Waals surface area contributed by atoms with Gasteiger partial charge in [-0.3, -0.25) is 10.1 Å². The fourth-order valence-corrected chi connectivity index (χ4v) is 0.766. The molecule has 0 aliphatic rings. The normalized spacial score (nSPS) is 10.7. The summed E-state index contributed by atoms with van der Waals surface area (Å²) < 4.78 is 9.65. The third-order valence-corrected chi connectivity index (χ3v) is 1.30. The molecule has 0 aromatic carbocycles. The van der Waals surface area contributed by atoms with Crippen LogP contribution in [0.15, 0.2) is 0 Å². The van der Waals surface area contributed by atoms with Crippen molar-refractivity contribution in [2.75, 3.05) is 6.73 Å². The van der Waals surface area contributed by atoms with Gasteiger partial charge in [-0.2, -0.15) is 0 Å². The van der Waals surface area contributed by atoms with E-state index >= 15 is 0 Å². The summed E-state index contributed by atoms with van der Waals surface area (Å²) in [6, 6.07) is 0. The molecule has 88 valence electrons. The molecule has 0 unspecified atom stereocenters. The largest absolute Gasteiger partial charge is 0.444 e. The molecule has 0 aliphatic heterocycles. The molecule has 0 heterocycles. The molecule has 0 atom stereocenters. The predicted octanol–water partition coefficient (Wildman–Crippen LogP) is 1.81. The molecule has 0 radical (unpaired) electrons. The average molecular weight is 217 g/mol. The van der Waals surface area contributed by atoms with Crippen molar-refractivity contribution >= 4 is 12.1 Å². The Kier molecular flexibility index (Phi) is 5.74. The van der Waals surface area contributed by atoms with Crippen LogP contribution >= 0.6 is 0 Å². The maximum atomic E-state index is 11.1. The first-order chi connectivity index (χ1) is 6.85. The Morgan fingerprint density at radius 1 is 1.27 bits per heavy atom. The van der Waals surface area contributed by atoms with Gasteiger partial charge in [0.05, 0.1) is 0 Å². The van der Waals surface area contributed by atoms with E-state index in [4.69, 9.17) is 9.47 Å². The molecule has 5 heteroatoms. The quantitative estimate of drug-likeness (QED) is 0.576. The Bertz CT molecular complexity index is 220. The Morgan fingerprint density at radius 3 is 2.33 bits per heavy atom. The molecule has 0 bridgehead atoms. The first kappa shape index (κ1) is 13.7. The highest BCUT2D eigenvalue weighted by Gasteiger charge is 2.15. The van der Waals surface area contributed by atoms with E-state index in [-0.39, 0.29) is 12.7 Å². The zero-order valence-electron chi connectivity index (χ0n) is 9.75. The van der Waals surface area contributed by atoms with Crippen LogP contribution in [0.3, 0.4) is 0 Å². The summed E-state index contributed by atoms with van der Waals surface area (Å²) in [5.74, 6) is -0.325. The number of esters is 1. The number of carbonyl (C=O) groups excluding carboxylic acids is 2. The Labute approximate surface area is 90.1 Å². The highest BCUT2D eigenvalue weighted by molar-refractivity contribution is 5.70. The molecule has 5 nitrogen and oxygen atoms in total. The lowest BCUT2D eigenvalue weighted by Gasteiger charge is -2.19. The lowest BCUT2D eigenvalue weighted by atomic mass is 10.2. The zero-order chi connectivity index (χ0) is 11.9. The van der Waals surface area contributed by atoms with Gasteiger partial charge in [-0.1, -0.05) is 6.92 Å². The number of ether oxygens (including phenoxy) is 2. The summed E-state index contributed by atoms with van der Waals surface area (Å²) in [7, 11) is 0. The van der Waals surface area contributed by atoms with E-state index in [9.17, 15) is 9.59 Å². The minimum absolute atomic E-state index is 0.145. The third-order valence-electron chi connectivity index (χ3n) is 1.30. The molecule has 15 heavy (non-hydrogen) atoms. The van der Waals surface area contributed by atoms with Crippen molar-refractivity contribution in [2.24, 2.45) is 0 Å². The van der Waals surface area contributed by atoms with Crippen molar-refractivity contribution in [3.63, 3.8) is 0 Å². The van der Waals surface area contributed by atoms with Gasteiger partial charge in [0.25, 0.3) is 0 Å². The molecule has 0 aliphatic carbocycles. The second-order valence-corrected chi connectivity index (χ2v) is 4.09. The highest BCUT2D eigenvalue weighted by Crippen LogP contribution is 2.06. The van der Waals surface area contributed by atoms with Gasteiger partial charge in [-0.25, -0.2) is 4.79 Å². The van der Waals surface area contributed by atoms with Gasteiger partial charge in [0, 0.05) is 6.42 Å². The van der Waals surface area contributed by atoms with Gasteiger partial charge in [-0.15, -0.1) is 0 Å². The minimum atomic E-state index is -0.591. The van der Waals surface area contributed by atoms with Gasteiger partial charge < -0.3 is 9.47 Å². The van der Waals surface area contributed by atoms with Crippen LogP contribution in [0.2, 0.25) is 0 Å². The molecule has 0 aromatic rings. The summed E-state index contributed by atoms with van der Waals surface area (Å²) >= 11 is 0. The van der Waals surface area contributed by atoms with E-state index in [1.165, 1.54) is 0 Å². The highest BCUT2D eigenvalue weighted by atomic mass is 16.6. The van der Waals surface area contributed by atoms with Crippen molar-refractivity contribution in [3.05, 3.63) is 0 Å². The average Bonchev–Trinajstić information content (AvgIpc) is 2.00. The van der Waals surface area contributed by atoms with Crippen molar-refractivity contribution in [1.82, 2.24) is 5.32 Å². The van der Waals surface area contributed by atoms with Crippen LogP contribution in [0.1, 0.15) is 40.5 Å². The molecule has 0 rings (SSSR count). The van der Waals surface area contributed by atoms with Crippen molar-refractivity contribution < 1.29 is 19.1 Å². The predicted molar refractivity (Wildman–Crippen MR) is 55.2 cm³/mol. The third kappa shape index (κ3) is 9.05. The van der Waals surface area contributed by atoms with E-state index in [0.717, 1.165) is 6.42 Å². The summed E-state index contributed by atoms with van der Waals surface area (Å²) in [4.78, 5) is 22.0. The Hall–Kier alpha value is -1.26. The summed E-state index contributed by atoms with van der Waals surface area (Å²) in [6.45, 7) is 7.01. The summed E-state index contributed by atoms with van der Waals surface area (Å²) in [5, 5.41) is 2.32. The van der Waals surface area contributed by atoms with Crippen molar-refractivity contribution in [2.45, 2.75) is 46.1 Å². The first-order valence-corrected chi connectivity index (χ1v) is 4.97. The van der Waals surface area contributed by atoms with Crippen LogP contribution in [0.4, 0.5) is 4.79 Å². The molecular formula is C10H19NO4. The molecular weight excluding hydrogens is 198 g/mol. The van der Waals surface area contributed by atoms with Gasteiger partial charge in [0.1, 0.15) is 5.60 Å². The lowest BCUT2D eigenvalue weighted by Crippen LogP contribution is -2.34. The fraction of sp³-hybridized carbons (Fsp3) is 0.800. The number of rotatable bonds is 4. The monoisotopic (exact) mass is 217 g/mol. The number of alkyl carbamates (subject to hydrolysis) is 1. The molecule has 0 fully saturated rings. The Morgan fingerprint density at radius 2 is 1.87 bits per heavy atom. The number of carbonyl (C=O) groups is 2. The smallest absolute Gasteiger partial charge is 0.410 e. The van der Waals surface area contributed by atoms with Crippen LogP contribution < -0.4 is 5.32 Å². The van der Waals surface area contributed by atoms with Gasteiger partial charge in [0.2, 0.25) is 0 Å². The maximum Gasteiger partial charge on any atom is 0.410 e. The van der Waals surface area contributed by atoms with Crippen LogP contribution in [-0.4, -0.2) is 24.4 Å². The fourth-order valence-electron chi connectivity index (χ4n) is 0.766. The molecule has 1 N–H and O–H groups in total. The zero-order valence-corrected chi connectivity index (χ0v) is 9.75.